The van der Waals surface area contributed by atoms with E-state index in [9.17, 15) is 5.26 Å². The maximum Gasteiger partial charge on any atom is 0.142 e. The van der Waals surface area contributed by atoms with E-state index in [1.807, 2.05) is 34.3 Å². The highest BCUT2D eigenvalue weighted by molar-refractivity contribution is 7.13. The highest BCUT2D eigenvalue weighted by Crippen LogP contribution is 2.32. The number of nitriles is 1. The first-order valence-electron chi connectivity index (χ1n) is 7.78. The Morgan fingerprint density at radius 2 is 2.25 bits per heavy atom. The molecule has 0 radical (unpaired) electrons. The fourth-order valence-corrected chi connectivity index (χ4v) is 3.61. The van der Waals surface area contributed by atoms with Crippen LogP contribution < -0.4 is 11.1 Å². The van der Waals surface area contributed by atoms with E-state index < -0.39 is 0 Å². The minimum atomic E-state index is 0.250. The first-order chi connectivity index (χ1) is 11.8. The average molecular weight is 336 g/mol. The van der Waals surface area contributed by atoms with Crippen molar-refractivity contribution in [1.82, 2.24) is 20.1 Å². The average Bonchev–Trinajstić information content (AvgIpc) is 3.20. The molecule has 4 rings (SSSR count). The van der Waals surface area contributed by atoms with Crippen molar-refractivity contribution in [3.8, 4) is 27.9 Å². The Kier molecular flexibility index (Phi) is 3.76. The van der Waals surface area contributed by atoms with E-state index in [0.717, 1.165) is 53.6 Å². The molecule has 0 aromatic carbocycles. The second-order valence-corrected chi connectivity index (χ2v) is 6.63. The van der Waals surface area contributed by atoms with Gasteiger partial charge in [-0.3, -0.25) is 4.68 Å². The summed E-state index contributed by atoms with van der Waals surface area (Å²) < 4.78 is 2.01. The quantitative estimate of drug-likeness (QED) is 0.750. The van der Waals surface area contributed by atoms with Crippen molar-refractivity contribution < 1.29 is 0 Å². The molecule has 0 saturated carbocycles. The van der Waals surface area contributed by atoms with Crippen molar-refractivity contribution >= 4 is 17.2 Å². The van der Waals surface area contributed by atoms with E-state index in [4.69, 9.17) is 10.8 Å². The third-order valence-corrected chi connectivity index (χ3v) is 4.99. The molecule has 0 fully saturated rings. The van der Waals surface area contributed by atoms with Crippen LogP contribution in [0, 0.1) is 11.3 Å². The predicted molar refractivity (Wildman–Crippen MR) is 94.2 cm³/mol. The SMILES string of the molecule is N#Cc1c(-c2cc3n(n2)CCCNC3)cc(-c2cccs2)nc1N. The molecule has 0 spiro atoms. The molecule has 3 aromatic rings. The van der Waals surface area contributed by atoms with Crippen molar-refractivity contribution in [3.63, 3.8) is 0 Å². The van der Waals surface area contributed by atoms with Crippen LogP contribution >= 0.6 is 11.3 Å². The summed E-state index contributed by atoms with van der Waals surface area (Å²) in [7, 11) is 0. The molecule has 3 aromatic heterocycles. The number of anilines is 1. The Morgan fingerprint density at radius 1 is 1.33 bits per heavy atom. The van der Waals surface area contributed by atoms with Crippen LogP contribution in [0.1, 0.15) is 17.7 Å². The molecular weight excluding hydrogens is 320 g/mol. The summed E-state index contributed by atoms with van der Waals surface area (Å²) >= 11 is 1.60. The molecule has 0 aliphatic carbocycles. The third kappa shape index (κ3) is 2.56. The summed E-state index contributed by atoms with van der Waals surface area (Å²) in [5, 5.41) is 19.6. The number of rotatable bonds is 2. The molecule has 6 nitrogen and oxygen atoms in total. The largest absolute Gasteiger partial charge is 0.383 e. The summed E-state index contributed by atoms with van der Waals surface area (Å²) in [6.07, 6.45) is 1.04. The Morgan fingerprint density at radius 3 is 3.04 bits per heavy atom. The third-order valence-electron chi connectivity index (χ3n) is 4.10. The van der Waals surface area contributed by atoms with Crippen molar-refractivity contribution in [2.75, 3.05) is 12.3 Å². The molecule has 1 aliphatic heterocycles. The van der Waals surface area contributed by atoms with Gasteiger partial charge in [0.05, 0.1) is 22.0 Å². The normalized spacial score (nSPS) is 14.0. The summed E-state index contributed by atoms with van der Waals surface area (Å²) in [6, 6.07) is 10.1. The van der Waals surface area contributed by atoms with Gasteiger partial charge in [-0.15, -0.1) is 11.3 Å². The van der Waals surface area contributed by atoms with Gasteiger partial charge in [0.2, 0.25) is 0 Å². The van der Waals surface area contributed by atoms with Crippen LogP contribution in [0.4, 0.5) is 5.82 Å². The number of nitrogen functional groups attached to an aromatic ring is 1. The Hall–Kier alpha value is -2.69. The highest BCUT2D eigenvalue weighted by atomic mass is 32.1. The number of nitrogens with two attached hydrogens (primary N) is 1. The second kappa shape index (κ2) is 6.07. The zero-order chi connectivity index (χ0) is 16.5. The van der Waals surface area contributed by atoms with Gasteiger partial charge < -0.3 is 11.1 Å². The van der Waals surface area contributed by atoms with E-state index in [0.29, 0.717) is 5.56 Å². The number of nitrogens with zero attached hydrogens (tertiary/aromatic N) is 4. The topological polar surface area (TPSA) is 92.5 Å². The number of hydrogen-bond acceptors (Lipinski definition) is 6. The monoisotopic (exact) mass is 336 g/mol. The van der Waals surface area contributed by atoms with Gasteiger partial charge in [0, 0.05) is 18.7 Å². The fraction of sp³-hybridized carbons (Fsp3) is 0.235. The van der Waals surface area contributed by atoms with Crippen LogP contribution in [0.5, 0.6) is 0 Å². The summed E-state index contributed by atoms with van der Waals surface area (Å²) in [6.45, 7) is 2.66. The van der Waals surface area contributed by atoms with Crippen LogP contribution in [-0.2, 0) is 13.1 Å². The Bertz CT molecular complexity index is 896. The van der Waals surface area contributed by atoms with Crippen molar-refractivity contribution in [1.29, 1.82) is 5.26 Å². The highest BCUT2D eigenvalue weighted by Gasteiger charge is 2.18. The standard InChI is InChI=1S/C17H16N6S/c18-9-13-12(8-15(21-17(13)19)16-3-1-6-24-16)14-7-11-10-20-4-2-5-23(11)22-14/h1,3,6-8,20H,2,4-5,10H2,(H2,19,21). The van der Waals surface area contributed by atoms with Gasteiger partial charge in [0.15, 0.2) is 0 Å². The van der Waals surface area contributed by atoms with Crippen LogP contribution in [0.3, 0.4) is 0 Å². The summed E-state index contributed by atoms with van der Waals surface area (Å²) in [5.41, 5.74) is 9.85. The molecular formula is C17H16N6S. The molecule has 24 heavy (non-hydrogen) atoms. The second-order valence-electron chi connectivity index (χ2n) is 5.68. The lowest BCUT2D eigenvalue weighted by molar-refractivity contribution is 0.589. The number of fused-ring (bicyclic) bond motifs is 1. The molecule has 120 valence electrons. The predicted octanol–water partition coefficient (Wildman–Crippen LogP) is 2.62. The molecule has 0 unspecified atom stereocenters. The number of hydrogen-bond donors (Lipinski definition) is 2. The number of pyridine rings is 1. The van der Waals surface area contributed by atoms with Crippen LogP contribution in [0.25, 0.3) is 21.8 Å². The van der Waals surface area contributed by atoms with Crippen LogP contribution in [-0.4, -0.2) is 21.3 Å². The van der Waals surface area contributed by atoms with Gasteiger partial charge in [-0.1, -0.05) is 6.07 Å². The minimum Gasteiger partial charge on any atom is -0.383 e. The van der Waals surface area contributed by atoms with Crippen molar-refractivity contribution in [2.45, 2.75) is 19.5 Å². The number of thiophene rings is 1. The molecule has 0 bridgehead atoms. The smallest absolute Gasteiger partial charge is 0.142 e. The van der Waals surface area contributed by atoms with E-state index >= 15 is 0 Å². The first kappa shape index (κ1) is 14.9. The molecule has 3 N–H and O–H groups in total. The maximum absolute atomic E-state index is 9.52. The Labute approximate surface area is 143 Å². The molecule has 4 heterocycles. The van der Waals surface area contributed by atoms with Gasteiger partial charge >= 0.3 is 0 Å². The van der Waals surface area contributed by atoms with Crippen LogP contribution in [0.15, 0.2) is 29.6 Å². The zero-order valence-corrected chi connectivity index (χ0v) is 13.8. The number of aryl methyl sites for hydroxylation is 1. The molecule has 1 aliphatic rings. The number of nitrogens with one attached hydrogen (secondary N) is 1. The van der Waals surface area contributed by atoms with E-state index in [1.165, 1.54) is 0 Å². The lowest BCUT2D eigenvalue weighted by atomic mass is 10.0. The Balaban J connectivity index is 1.86. The maximum atomic E-state index is 9.52. The molecule has 7 heteroatoms. The zero-order valence-electron chi connectivity index (χ0n) is 13.0. The van der Waals surface area contributed by atoms with Gasteiger partial charge in [0.1, 0.15) is 17.5 Å². The van der Waals surface area contributed by atoms with E-state index in [1.54, 1.807) is 11.3 Å². The lowest BCUT2D eigenvalue weighted by Gasteiger charge is -2.07. The number of aromatic nitrogens is 3. The minimum absolute atomic E-state index is 0.250. The van der Waals surface area contributed by atoms with E-state index in [2.05, 4.69) is 16.4 Å². The van der Waals surface area contributed by atoms with Gasteiger partial charge in [0.25, 0.3) is 0 Å². The van der Waals surface area contributed by atoms with Gasteiger partial charge in [-0.05, 0) is 36.5 Å². The lowest BCUT2D eigenvalue weighted by Crippen LogP contribution is -2.11. The fourth-order valence-electron chi connectivity index (χ4n) is 2.93. The van der Waals surface area contributed by atoms with E-state index in [-0.39, 0.29) is 5.82 Å². The van der Waals surface area contributed by atoms with Crippen LogP contribution in [0.2, 0.25) is 0 Å². The van der Waals surface area contributed by atoms with Crippen molar-refractivity contribution in [3.05, 3.63) is 40.9 Å². The molecule has 0 saturated heterocycles. The van der Waals surface area contributed by atoms with Gasteiger partial charge in [-0.25, -0.2) is 4.98 Å². The van der Waals surface area contributed by atoms with Crippen molar-refractivity contribution in [2.24, 2.45) is 0 Å². The summed E-state index contributed by atoms with van der Waals surface area (Å²) in [4.78, 5) is 5.41. The molecule has 0 atom stereocenters. The van der Waals surface area contributed by atoms with Gasteiger partial charge in [-0.2, -0.15) is 10.4 Å². The first-order valence-corrected chi connectivity index (χ1v) is 8.66. The molecule has 0 amide bonds. The summed E-state index contributed by atoms with van der Waals surface area (Å²) in [5.74, 6) is 0.250.